The summed E-state index contributed by atoms with van der Waals surface area (Å²) in [7, 11) is 0. The van der Waals surface area contributed by atoms with Gasteiger partial charge in [0.05, 0.1) is 6.26 Å². The van der Waals surface area contributed by atoms with E-state index in [4.69, 9.17) is 4.42 Å². The van der Waals surface area contributed by atoms with E-state index >= 15 is 0 Å². The Morgan fingerprint density at radius 3 is 3.23 bits per heavy atom. The first kappa shape index (κ1) is 14.1. The van der Waals surface area contributed by atoms with E-state index in [-0.39, 0.29) is 11.9 Å². The summed E-state index contributed by atoms with van der Waals surface area (Å²) in [5, 5.41) is 4.85. The van der Waals surface area contributed by atoms with Crippen molar-refractivity contribution in [3.05, 3.63) is 24.1 Å². The molecule has 2 saturated heterocycles. The summed E-state index contributed by atoms with van der Waals surface area (Å²) in [5.74, 6) is 0.663. The quantitative estimate of drug-likeness (QED) is 0.881. The van der Waals surface area contributed by atoms with Crippen molar-refractivity contribution in [3.63, 3.8) is 0 Å². The molecule has 2 aliphatic heterocycles. The largest absolute Gasteiger partial charge is 0.461 e. The number of fused-ring (bicyclic) bond motifs is 3. The number of carbonyl (C=O) groups excluding carboxylic acids is 1. The highest BCUT2D eigenvalue weighted by Gasteiger charge is 2.33. The van der Waals surface area contributed by atoms with E-state index in [1.807, 2.05) is 18.4 Å². The van der Waals surface area contributed by atoms with Crippen molar-refractivity contribution in [2.24, 2.45) is 5.92 Å². The molecule has 3 atom stereocenters. The third-order valence-electron chi connectivity index (χ3n) is 4.63. The number of aromatic nitrogens is 1. The summed E-state index contributed by atoms with van der Waals surface area (Å²) in [6.45, 7) is 3.33. The van der Waals surface area contributed by atoms with E-state index in [9.17, 15) is 4.79 Å². The molecule has 0 radical (unpaired) electrons. The number of piperidine rings is 1. The fraction of sp³-hybridized carbons (Fsp3) is 0.500. The topological polar surface area (TPSA) is 58.4 Å². The molecule has 0 aliphatic carbocycles. The molecule has 3 unspecified atom stereocenters. The van der Waals surface area contributed by atoms with Gasteiger partial charge in [-0.3, -0.25) is 4.79 Å². The first-order valence-corrected chi connectivity index (χ1v) is 8.91. The van der Waals surface area contributed by atoms with Gasteiger partial charge in [-0.1, -0.05) is 0 Å². The summed E-state index contributed by atoms with van der Waals surface area (Å²) in [5.41, 5.74) is 1.23. The van der Waals surface area contributed by atoms with Crippen molar-refractivity contribution in [2.45, 2.75) is 23.9 Å². The minimum absolute atomic E-state index is 0.0779. The highest BCUT2D eigenvalue weighted by atomic mass is 32.2. The average Bonchev–Trinajstić information content (AvgIpc) is 3.12. The van der Waals surface area contributed by atoms with Gasteiger partial charge in [-0.2, -0.15) is 0 Å². The van der Waals surface area contributed by atoms with Crippen molar-refractivity contribution in [1.82, 2.24) is 15.2 Å². The molecular formula is C16H19N3O2S. The van der Waals surface area contributed by atoms with E-state index in [0.717, 1.165) is 34.9 Å². The van der Waals surface area contributed by atoms with E-state index < -0.39 is 0 Å². The van der Waals surface area contributed by atoms with Crippen LogP contribution in [0, 0.1) is 5.92 Å². The predicted octanol–water partition coefficient (Wildman–Crippen LogP) is 2.37. The first-order chi connectivity index (χ1) is 10.7. The van der Waals surface area contributed by atoms with Crippen molar-refractivity contribution >= 4 is 28.6 Å². The molecular weight excluding hydrogens is 298 g/mol. The molecule has 6 heteroatoms. The van der Waals surface area contributed by atoms with E-state index in [1.54, 1.807) is 6.26 Å². The van der Waals surface area contributed by atoms with Gasteiger partial charge in [0, 0.05) is 24.5 Å². The molecule has 116 valence electrons. The summed E-state index contributed by atoms with van der Waals surface area (Å²) in [4.78, 5) is 19.4. The van der Waals surface area contributed by atoms with Crippen LogP contribution >= 0.6 is 11.8 Å². The summed E-state index contributed by atoms with van der Waals surface area (Å²) < 4.78 is 5.44. The zero-order chi connectivity index (χ0) is 15.1. The molecule has 0 aromatic carbocycles. The van der Waals surface area contributed by atoms with Gasteiger partial charge in [-0.15, -0.1) is 11.8 Å². The van der Waals surface area contributed by atoms with Crippen LogP contribution in [0.3, 0.4) is 0 Å². The SMILES string of the molecule is CSc1nc(C(=O)NC2CC3CCN(C3)C2)cc2ccoc12. The second kappa shape index (κ2) is 5.59. The molecule has 0 saturated carbocycles. The van der Waals surface area contributed by atoms with Crippen LogP contribution in [0.4, 0.5) is 0 Å². The zero-order valence-corrected chi connectivity index (χ0v) is 13.4. The Labute approximate surface area is 133 Å². The zero-order valence-electron chi connectivity index (χ0n) is 12.5. The van der Waals surface area contributed by atoms with E-state index in [0.29, 0.717) is 5.69 Å². The van der Waals surface area contributed by atoms with Crippen LogP contribution in [0.15, 0.2) is 27.8 Å². The number of thioether (sulfide) groups is 1. The van der Waals surface area contributed by atoms with Crippen LogP contribution < -0.4 is 5.32 Å². The second-order valence-electron chi connectivity index (χ2n) is 6.18. The second-order valence-corrected chi connectivity index (χ2v) is 6.97. The number of hydrogen-bond acceptors (Lipinski definition) is 5. The van der Waals surface area contributed by atoms with Crippen LogP contribution in [-0.2, 0) is 0 Å². The molecule has 2 fully saturated rings. The van der Waals surface area contributed by atoms with Crippen LogP contribution in [-0.4, -0.2) is 47.7 Å². The highest BCUT2D eigenvalue weighted by molar-refractivity contribution is 7.98. The van der Waals surface area contributed by atoms with Crippen LogP contribution in [0.2, 0.25) is 0 Å². The van der Waals surface area contributed by atoms with E-state index in [1.165, 1.54) is 31.3 Å². The Balaban J connectivity index is 1.55. The highest BCUT2D eigenvalue weighted by Crippen LogP contribution is 2.28. The van der Waals surface area contributed by atoms with Gasteiger partial charge in [-0.05, 0) is 43.7 Å². The Bertz CT molecular complexity index is 702. The molecule has 2 aromatic heterocycles. The normalized spacial score (nSPS) is 27.2. The summed E-state index contributed by atoms with van der Waals surface area (Å²) >= 11 is 1.50. The number of amides is 1. The maximum Gasteiger partial charge on any atom is 0.270 e. The average molecular weight is 317 g/mol. The van der Waals surface area contributed by atoms with Crippen LogP contribution in [0.1, 0.15) is 23.3 Å². The van der Waals surface area contributed by atoms with Gasteiger partial charge in [-0.25, -0.2) is 4.98 Å². The Morgan fingerprint density at radius 2 is 2.41 bits per heavy atom. The minimum atomic E-state index is -0.0779. The maximum absolute atomic E-state index is 12.5. The Morgan fingerprint density at radius 1 is 1.50 bits per heavy atom. The fourth-order valence-electron chi connectivity index (χ4n) is 3.62. The first-order valence-electron chi connectivity index (χ1n) is 7.68. The van der Waals surface area contributed by atoms with Crippen molar-refractivity contribution in [3.8, 4) is 0 Å². The lowest BCUT2D eigenvalue weighted by Crippen LogP contribution is -2.47. The van der Waals surface area contributed by atoms with Gasteiger partial charge in [0.15, 0.2) is 5.58 Å². The smallest absolute Gasteiger partial charge is 0.270 e. The molecule has 4 heterocycles. The lowest BCUT2D eigenvalue weighted by Gasteiger charge is -2.30. The number of rotatable bonds is 3. The van der Waals surface area contributed by atoms with E-state index in [2.05, 4.69) is 15.2 Å². The standard InChI is InChI=1S/C16H19N3O2S/c1-22-16-14-11(3-5-21-14)7-13(18-16)15(20)17-12-6-10-2-4-19(8-10)9-12/h3,5,7,10,12H,2,4,6,8-9H2,1H3,(H,17,20). The predicted molar refractivity (Wildman–Crippen MR) is 86.2 cm³/mol. The van der Waals surface area contributed by atoms with Gasteiger partial charge in [0.2, 0.25) is 0 Å². The Hall–Kier alpha value is -1.53. The Kier molecular flexibility index (Phi) is 3.58. The number of furan rings is 1. The summed E-state index contributed by atoms with van der Waals surface area (Å²) in [6.07, 6.45) is 5.94. The number of carbonyl (C=O) groups is 1. The van der Waals surface area contributed by atoms with Gasteiger partial charge in [0.25, 0.3) is 5.91 Å². The van der Waals surface area contributed by atoms with Gasteiger partial charge in [0.1, 0.15) is 10.7 Å². The fourth-order valence-corrected chi connectivity index (χ4v) is 4.17. The molecule has 2 aromatic rings. The summed E-state index contributed by atoms with van der Waals surface area (Å²) in [6, 6.07) is 3.93. The maximum atomic E-state index is 12.5. The molecule has 1 amide bonds. The van der Waals surface area contributed by atoms with Crippen molar-refractivity contribution in [2.75, 3.05) is 25.9 Å². The van der Waals surface area contributed by atoms with Crippen LogP contribution in [0.25, 0.3) is 11.0 Å². The molecule has 2 bridgehead atoms. The third kappa shape index (κ3) is 2.50. The number of nitrogens with zero attached hydrogens (tertiary/aromatic N) is 2. The molecule has 0 spiro atoms. The van der Waals surface area contributed by atoms with Crippen LogP contribution in [0.5, 0.6) is 0 Å². The third-order valence-corrected chi connectivity index (χ3v) is 5.30. The monoisotopic (exact) mass is 317 g/mol. The van der Waals surface area contributed by atoms with Gasteiger partial charge < -0.3 is 14.6 Å². The number of pyridine rings is 1. The number of nitrogens with one attached hydrogen (secondary N) is 1. The molecule has 22 heavy (non-hydrogen) atoms. The van der Waals surface area contributed by atoms with Crippen molar-refractivity contribution < 1.29 is 9.21 Å². The number of hydrogen-bond donors (Lipinski definition) is 1. The molecule has 4 rings (SSSR count). The molecule has 2 aliphatic rings. The van der Waals surface area contributed by atoms with Crippen molar-refractivity contribution in [1.29, 1.82) is 0 Å². The lowest BCUT2D eigenvalue weighted by molar-refractivity contribution is 0.0904. The van der Waals surface area contributed by atoms with Gasteiger partial charge >= 0.3 is 0 Å². The lowest BCUT2D eigenvalue weighted by atomic mass is 9.97. The molecule has 5 nitrogen and oxygen atoms in total. The molecule has 1 N–H and O–H groups in total. The minimum Gasteiger partial charge on any atom is -0.461 e.